The van der Waals surface area contributed by atoms with Crippen LogP contribution in [0.3, 0.4) is 0 Å². The molecular formula is C13H9Cl2FN4O3S. The average Bonchev–Trinajstić information content (AvgIpc) is 2.93. The van der Waals surface area contributed by atoms with Crippen LogP contribution < -0.4 is 9.46 Å². The lowest BCUT2D eigenvalue weighted by molar-refractivity contribution is 0.397. The van der Waals surface area contributed by atoms with Crippen LogP contribution in [0.5, 0.6) is 5.88 Å². The number of aromatic nitrogens is 3. The molecule has 0 saturated heterocycles. The van der Waals surface area contributed by atoms with Crippen molar-refractivity contribution in [3.63, 3.8) is 0 Å². The van der Waals surface area contributed by atoms with E-state index in [9.17, 15) is 12.8 Å². The van der Waals surface area contributed by atoms with Gasteiger partial charge in [0.15, 0.2) is 16.7 Å². The van der Waals surface area contributed by atoms with Gasteiger partial charge in [0.1, 0.15) is 5.02 Å². The third-order valence-electron chi connectivity index (χ3n) is 3.07. The maximum atomic E-state index is 13.9. The summed E-state index contributed by atoms with van der Waals surface area (Å²) in [4.78, 5) is 3.70. The number of nitrogens with zero attached hydrogens (tertiary/aromatic N) is 2. The highest BCUT2D eigenvalue weighted by atomic mass is 35.5. The number of H-pyrrole nitrogens is 1. The number of hydrogen-bond acceptors (Lipinski definition) is 5. The number of anilines is 1. The number of sulfonamides is 1. The fraction of sp³-hybridized carbons (Fsp3) is 0.0769. The summed E-state index contributed by atoms with van der Waals surface area (Å²) in [5.74, 6) is -1.61. The van der Waals surface area contributed by atoms with Crippen molar-refractivity contribution in [2.75, 3.05) is 11.8 Å². The zero-order chi connectivity index (χ0) is 17.5. The average molecular weight is 391 g/mol. The van der Waals surface area contributed by atoms with Crippen molar-refractivity contribution < 1.29 is 17.5 Å². The van der Waals surface area contributed by atoms with Crippen molar-refractivity contribution >= 4 is 49.9 Å². The molecule has 24 heavy (non-hydrogen) atoms. The van der Waals surface area contributed by atoms with Crippen LogP contribution in [-0.4, -0.2) is 30.7 Å². The molecule has 7 nitrogen and oxygen atoms in total. The quantitative estimate of drug-likeness (QED) is 0.712. The highest BCUT2D eigenvalue weighted by Gasteiger charge is 2.23. The van der Waals surface area contributed by atoms with Gasteiger partial charge in [0.2, 0.25) is 5.88 Å². The van der Waals surface area contributed by atoms with Gasteiger partial charge >= 0.3 is 0 Å². The second-order valence-corrected chi connectivity index (χ2v) is 7.09. The first-order valence-corrected chi connectivity index (χ1v) is 8.62. The van der Waals surface area contributed by atoms with Gasteiger partial charge in [0.25, 0.3) is 10.0 Å². The Hall–Kier alpha value is -2.10. The molecular weight excluding hydrogens is 382 g/mol. The zero-order valence-corrected chi connectivity index (χ0v) is 14.3. The van der Waals surface area contributed by atoms with Crippen molar-refractivity contribution in [2.24, 2.45) is 0 Å². The topological polar surface area (TPSA) is 97.0 Å². The molecule has 0 aliphatic rings. The summed E-state index contributed by atoms with van der Waals surface area (Å²) in [6, 6.07) is 5.40. The third-order valence-corrected chi connectivity index (χ3v) is 4.89. The fourth-order valence-electron chi connectivity index (χ4n) is 2.01. The van der Waals surface area contributed by atoms with Crippen molar-refractivity contribution in [2.45, 2.75) is 5.03 Å². The predicted octanol–water partition coefficient (Wildman–Crippen LogP) is 3.21. The van der Waals surface area contributed by atoms with Crippen molar-refractivity contribution in [3.8, 4) is 5.88 Å². The molecule has 126 valence electrons. The number of aromatic amines is 1. The Balaban J connectivity index is 2.05. The Morgan fingerprint density at radius 1 is 1.29 bits per heavy atom. The van der Waals surface area contributed by atoms with Gasteiger partial charge in [-0.2, -0.15) is 18.5 Å². The Morgan fingerprint density at radius 3 is 2.75 bits per heavy atom. The van der Waals surface area contributed by atoms with Crippen LogP contribution in [0.25, 0.3) is 10.9 Å². The number of rotatable bonds is 4. The molecule has 0 radical (unpaired) electrons. The number of nitrogens with one attached hydrogen (secondary N) is 2. The molecule has 0 fully saturated rings. The van der Waals surface area contributed by atoms with Crippen molar-refractivity contribution in [1.29, 1.82) is 0 Å². The molecule has 0 bridgehead atoms. The highest BCUT2D eigenvalue weighted by molar-refractivity contribution is 7.92. The van der Waals surface area contributed by atoms with E-state index in [0.29, 0.717) is 15.9 Å². The normalized spacial score (nSPS) is 11.7. The lowest BCUT2D eigenvalue weighted by atomic mass is 10.3. The largest absolute Gasteiger partial charge is 0.480 e. The summed E-state index contributed by atoms with van der Waals surface area (Å²) in [7, 11) is -2.91. The Morgan fingerprint density at radius 2 is 2.04 bits per heavy atom. The smallest absolute Gasteiger partial charge is 0.280 e. The Labute approximate surface area is 145 Å². The van der Waals surface area contributed by atoms with Gasteiger partial charge < -0.3 is 4.74 Å². The minimum absolute atomic E-state index is 0.0837. The van der Waals surface area contributed by atoms with Gasteiger partial charge in [-0.05, 0) is 18.2 Å². The molecule has 0 aliphatic heterocycles. The molecule has 0 spiro atoms. The number of methoxy groups -OCH3 is 1. The van der Waals surface area contributed by atoms with E-state index in [-0.39, 0.29) is 15.9 Å². The number of ether oxygens (including phenoxy) is 1. The van der Waals surface area contributed by atoms with E-state index in [1.165, 1.54) is 25.3 Å². The number of hydrogen-bond donors (Lipinski definition) is 2. The molecule has 11 heteroatoms. The maximum absolute atomic E-state index is 13.9. The van der Waals surface area contributed by atoms with Crippen molar-refractivity contribution in [1.82, 2.24) is 15.2 Å². The van der Waals surface area contributed by atoms with Gasteiger partial charge in [-0.15, -0.1) is 0 Å². The van der Waals surface area contributed by atoms with E-state index < -0.39 is 21.7 Å². The maximum Gasteiger partial charge on any atom is 0.280 e. The molecule has 3 aromatic rings. The van der Waals surface area contributed by atoms with E-state index >= 15 is 0 Å². The second kappa shape index (κ2) is 6.08. The van der Waals surface area contributed by atoms with Gasteiger partial charge in [0, 0.05) is 16.5 Å². The number of halogens is 3. The van der Waals surface area contributed by atoms with E-state index in [1.54, 1.807) is 0 Å². The minimum Gasteiger partial charge on any atom is -0.480 e. The summed E-state index contributed by atoms with van der Waals surface area (Å²) >= 11 is 11.6. The lowest BCUT2D eigenvalue weighted by Gasteiger charge is -2.09. The molecule has 2 N–H and O–H groups in total. The van der Waals surface area contributed by atoms with Gasteiger partial charge in [-0.3, -0.25) is 9.82 Å². The molecule has 0 saturated carbocycles. The van der Waals surface area contributed by atoms with Crippen LogP contribution >= 0.6 is 23.2 Å². The summed E-state index contributed by atoms with van der Waals surface area (Å²) in [6.07, 6.45) is 0. The first kappa shape index (κ1) is 16.7. The molecule has 0 unspecified atom stereocenters. The van der Waals surface area contributed by atoms with Crippen molar-refractivity contribution in [3.05, 3.63) is 40.1 Å². The molecule has 1 aromatic carbocycles. The van der Waals surface area contributed by atoms with E-state index in [0.717, 1.165) is 6.07 Å². The number of benzene rings is 1. The minimum atomic E-state index is -4.18. The third kappa shape index (κ3) is 2.97. The SMILES string of the molecule is COc1nc(NS(=O)(=O)c2[nH]nc3cc(Cl)ccc23)c(F)cc1Cl. The van der Waals surface area contributed by atoms with Crippen LogP contribution in [0.2, 0.25) is 10.0 Å². The Kier molecular flexibility index (Phi) is 4.24. The number of pyridine rings is 1. The number of fused-ring (bicyclic) bond motifs is 1. The zero-order valence-electron chi connectivity index (χ0n) is 12.0. The summed E-state index contributed by atoms with van der Waals surface area (Å²) in [6.45, 7) is 0. The molecule has 2 aromatic heterocycles. The fourth-order valence-corrected chi connectivity index (χ4v) is 3.52. The standard InChI is InChI=1S/C13H9Cl2FN4O3S/c1-23-12-8(15)5-9(16)11(17-12)20-24(21,22)13-7-3-2-6(14)4-10(7)18-19-13/h2-5H,1H3,(H,17,20)(H,18,19). The van der Waals surface area contributed by atoms with Gasteiger partial charge in [-0.25, -0.2) is 4.39 Å². The van der Waals surface area contributed by atoms with Crippen LogP contribution in [0, 0.1) is 5.82 Å². The monoisotopic (exact) mass is 390 g/mol. The first-order valence-electron chi connectivity index (χ1n) is 6.38. The predicted molar refractivity (Wildman–Crippen MR) is 87.7 cm³/mol. The highest BCUT2D eigenvalue weighted by Crippen LogP contribution is 2.29. The van der Waals surface area contributed by atoms with E-state index in [2.05, 4.69) is 15.2 Å². The summed E-state index contributed by atoms with van der Waals surface area (Å²) in [5.41, 5.74) is 0.352. The van der Waals surface area contributed by atoms with Gasteiger partial charge in [0.05, 0.1) is 12.6 Å². The van der Waals surface area contributed by atoms with Crippen LogP contribution in [-0.2, 0) is 10.0 Å². The van der Waals surface area contributed by atoms with Crippen LogP contribution in [0.1, 0.15) is 0 Å². The summed E-state index contributed by atoms with van der Waals surface area (Å²) < 4.78 is 45.8. The Bertz CT molecular complexity index is 1040. The second-order valence-electron chi connectivity index (χ2n) is 4.63. The molecule has 0 aliphatic carbocycles. The van der Waals surface area contributed by atoms with Gasteiger partial charge in [-0.1, -0.05) is 23.2 Å². The molecule has 2 heterocycles. The van der Waals surface area contributed by atoms with Crippen LogP contribution in [0.4, 0.5) is 10.2 Å². The molecule has 0 atom stereocenters. The lowest BCUT2D eigenvalue weighted by Crippen LogP contribution is -2.16. The molecule has 3 rings (SSSR count). The van der Waals surface area contributed by atoms with E-state index in [1.807, 2.05) is 4.72 Å². The molecule has 0 amide bonds. The first-order chi connectivity index (χ1) is 11.3. The van der Waals surface area contributed by atoms with Crippen LogP contribution in [0.15, 0.2) is 29.3 Å². The van der Waals surface area contributed by atoms with E-state index in [4.69, 9.17) is 27.9 Å². The summed E-state index contributed by atoms with van der Waals surface area (Å²) in [5, 5.41) is 6.64.